The Balaban J connectivity index is 1.99. The number of benzene rings is 2. The Hall–Kier alpha value is -3.48. The molecule has 1 aliphatic rings. The number of amides is 2. The third-order valence-corrected chi connectivity index (χ3v) is 4.45. The fraction of sp³-hybridized carbons (Fsp3) is 0.200. The molecular weight excluding hydrogens is 348 g/mol. The van der Waals surface area contributed by atoms with E-state index >= 15 is 0 Å². The highest BCUT2D eigenvalue weighted by molar-refractivity contribution is 6.31. The Bertz CT molecular complexity index is 940. The number of phenolic OH excluding ortho intramolecular Hbond substituents is 1. The van der Waals surface area contributed by atoms with Gasteiger partial charge in [-0.05, 0) is 60.9 Å². The quantitative estimate of drug-likeness (QED) is 0.639. The van der Waals surface area contributed by atoms with Crippen molar-refractivity contribution in [1.29, 1.82) is 0 Å². The fourth-order valence-corrected chi connectivity index (χ4v) is 2.77. The van der Waals surface area contributed by atoms with Gasteiger partial charge in [-0.3, -0.25) is 15.0 Å². The van der Waals surface area contributed by atoms with Crippen LogP contribution in [0.3, 0.4) is 0 Å². The van der Waals surface area contributed by atoms with E-state index in [1.165, 1.54) is 37.4 Å². The third kappa shape index (κ3) is 3.31. The topological polar surface area (TPSA) is 88.1 Å². The summed E-state index contributed by atoms with van der Waals surface area (Å²) >= 11 is 0. The lowest BCUT2D eigenvalue weighted by Gasteiger charge is -2.16. The van der Waals surface area contributed by atoms with Crippen LogP contribution in [0.4, 0.5) is 5.69 Å². The average molecular weight is 368 g/mol. The van der Waals surface area contributed by atoms with Crippen molar-refractivity contribution in [2.24, 2.45) is 0 Å². The van der Waals surface area contributed by atoms with Crippen molar-refractivity contribution in [1.82, 2.24) is 5.43 Å². The Morgan fingerprint density at radius 1 is 1.00 bits per heavy atom. The molecule has 0 radical (unpaired) electrons. The van der Waals surface area contributed by atoms with Crippen LogP contribution < -0.4 is 19.9 Å². The van der Waals surface area contributed by atoms with E-state index in [1.807, 2.05) is 26.0 Å². The van der Waals surface area contributed by atoms with Crippen LogP contribution in [0.2, 0.25) is 0 Å². The minimum atomic E-state index is -0.510. The first-order chi connectivity index (χ1) is 12.8. The molecule has 0 unspecified atom stereocenters. The first kappa shape index (κ1) is 18.3. The predicted molar refractivity (Wildman–Crippen MR) is 101 cm³/mol. The van der Waals surface area contributed by atoms with Crippen LogP contribution in [-0.4, -0.2) is 31.1 Å². The number of rotatable bonds is 4. The van der Waals surface area contributed by atoms with Gasteiger partial charge in [-0.1, -0.05) is 6.07 Å². The normalized spacial score (nSPS) is 15.3. The highest BCUT2D eigenvalue weighted by Gasteiger charge is 2.34. The van der Waals surface area contributed by atoms with Crippen molar-refractivity contribution < 1.29 is 24.2 Å². The first-order valence-electron chi connectivity index (χ1n) is 8.25. The van der Waals surface area contributed by atoms with E-state index in [0.29, 0.717) is 11.3 Å². The lowest BCUT2D eigenvalue weighted by atomic mass is 10.1. The molecule has 2 amide bonds. The van der Waals surface area contributed by atoms with Gasteiger partial charge in [-0.2, -0.15) is 0 Å². The lowest BCUT2D eigenvalue weighted by Crippen LogP contribution is -2.35. The van der Waals surface area contributed by atoms with Gasteiger partial charge in [-0.25, -0.2) is 5.01 Å². The maximum absolute atomic E-state index is 12.8. The van der Waals surface area contributed by atoms with Gasteiger partial charge in [0.05, 0.1) is 19.9 Å². The number of methoxy groups -OCH3 is 2. The monoisotopic (exact) mass is 368 g/mol. The number of nitrogens with one attached hydrogen (secondary N) is 1. The largest absolute Gasteiger partial charge is 0.502 e. The zero-order valence-electron chi connectivity index (χ0n) is 15.5. The number of carbonyl (C=O) groups is 2. The Kier molecular flexibility index (Phi) is 4.77. The van der Waals surface area contributed by atoms with E-state index in [-0.39, 0.29) is 22.8 Å². The predicted octanol–water partition coefficient (Wildman–Crippen LogP) is 2.49. The second-order valence-corrected chi connectivity index (χ2v) is 6.18. The molecule has 1 heterocycles. The Morgan fingerprint density at radius 2 is 1.63 bits per heavy atom. The van der Waals surface area contributed by atoms with Gasteiger partial charge in [0.2, 0.25) is 5.75 Å². The molecular formula is C20H20N2O5. The molecule has 3 rings (SSSR count). The van der Waals surface area contributed by atoms with E-state index in [1.54, 1.807) is 6.07 Å². The van der Waals surface area contributed by atoms with Gasteiger partial charge < -0.3 is 14.6 Å². The van der Waals surface area contributed by atoms with Crippen LogP contribution in [-0.2, 0) is 9.59 Å². The van der Waals surface area contributed by atoms with Crippen molar-refractivity contribution >= 4 is 23.6 Å². The molecule has 0 aromatic heterocycles. The molecule has 7 nitrogen and oxygen atoms in total. The highest BCUT2D eigenvalue weighted by atomic mass is 16.5. The van der Waals surface area contributed by atoms with E-state index in [0.717, 1.165) is 11.1 Å². The number of hydrazine groups is 1. The van der Waals surface area contributed by atoms with Gasteiger partial charge >= 0.3 is 0 Å². The number of hydrogen-bond acceptors (Lipinski definition) is 5. The average Bonchev–Trinajstić information content (AvgIpc) is 2.93. The van der Waals surface area contributed by atoms with Crippen molar-refractivity contribution in [2.45, 2.75) is 13.8 Å². The van der Waals surface area contributed by atoms with Gasteiger partial charge in [-0.15, -0.1) is 0 Å². The lowest BCUT2D eigenvalue weighted by molar-refractivity contribution is -0.117. The molecule has 0 spiro atoms. The zero-order chi connectivity index (χ0) is 19.7. The number of nitrogens with zero attached hydrogens (tertiary/aromatic N) is 1. The minimum Gasteiger partial charge on any atom is -0.502 e. The SMILES string of the molecule is COc1cc(/C=C2\C(=O)NN(c3ccc(C)c(C)c3)C2=O)cc(OC)c1O. The molecule has 2 aromatic rings. The van der Waals surface area contributed by atoms with Crippen LogP contribution in [0, 0.1) is 13.8 Å². The summed E-state index contributed by atoms with van der Waals surface area (Å²) < 4.78 is 10.2. The molecule has 1 aliphatic heterocycles. The van der Waals surface area contributed by atoms with Crippen LogP contribution in [0.1, 0.15) is 16.7 Å². The summed E-state index contributed by atoms with van der Waals surface area (Å²) in [6, 6.07) is 8.54. The van der Waals surface area contributed by atoms with Crippen molar-refractivity contribution in [3.05, 3.63) is 52.6 Å². The molecule has 0 aliphatic carbocycles. The Labute approximate surface area is 156 Å². The van der Waals surface area contributed by atoms with E-state index in [4.69, 9.17) is 9.47 Å². The maximum Gasteiger partial charge on any atom is 0.282 e. The molecule has 27 heavy (non-hydrogen) atoms. The molecule has 140 valence electrons. The molecule has 0 saturated carbocycles. The number of anilines is 1. The van der Waals surface area contributed by atoms with Crippen LogP contribution >= 0.6 is 0 Å². The number of phenols is 1. The van der Waals surface area contributed by atoms with E-state index in [9.17, 15) is 14.7 Å². The summed E-state index contributed by atoms with van der Waals surface area (Å²) in [5.74, 6) is -0.768. The number of ether oxygens (including phenoxy) is 2. The van der Waals surface area contributed by atoms with E-state index < -0.39 is 11.8 Å². The minimum absolute atomic E-state index is 0.0250. The second-order valence-electron chi connectivity index (χ2n) is 6.18. The maximum atomic E-state index is 12.8. The summed E-state index contributed by atoms with van der Waals surface area (Å²) in [5, 5.41) is 11.2. The molecule has 0 atom stereocenters. The summed E-state index contributed by atoms with van der Waals surface area (Å²) in [6.45, 7) is 3.91. The summed E-state index contributed by atoms with van der Waals surface area (Å²) in [4.78, 5) is 25.1. The number of hydrogen-bond donors (Lipinski definition) is 2. The van der Waals surface area contributed by atoms with Crippen molar-refractivity contribution in [3.63, 3.8) is 0 Å². The Morgan fingerprint density at radius 3 is 2.19 bits per heavy atom. The van der Waals surface area contributed by atoms with Crippen LogP contribution in [0.15, 0.2) is 35.9 Å². The summed E-state index contributed by atoms with van der Waals surface area (Å²) in [7, 11) is 2.81. The van der Waals surface area contributed by atoms with Crippen LogP contribution in [0.5, 0.6) is 17.2 Å². The molecule has 1 saturated heterocycles. The van der Waals surface area contributed by atoms with Crippen molar-refractivity contribution in [2.75, 3.05) is 19.2 Å². The van der Waals surface area contributed by atoms with Gasteiger partial charge in [0, 0.05) is 0 Å². The molecule has 2 aromatic carbocycles. The summed E-state index contributed by atoms with van der Waals surface area (Å²) in [6.07, 6.45) is 1.43. The van der Waals surface area contributed by atoms with Gasteiger partial charge in [0.15, 0.2) is 11.5 Å². The molecule has 7 heteroatoms. The standard InChI is InChI=1S/C20H20N2O5/c1-11-5-6-14(7-12(11)2)22-20(25)15(19(24)21-22)8-13-9-16(26-3)18(23)17(10-13)27-4/h5-10,23H,1-4H3,(H,21,24)/b15-8+. The second kappa shape index (κ2) is 7.03. The smallest absolute Gasteiger partial charge is 0.282 e. The van der Waals surface area contributed by atoms with Crippen molar-refractivity contribution in [3.8, 4) is 17.2 Å². The molecule has 2 N–H and O–H groups in total. The molecule has 0 bridgehead atoms. The molecule has 1 fully saturated rings. The first-order valence-corrected chi connectivity index (χ1v) is 8.25. The zero-order valence-corrected chi connectivity index (χ0v) is 15.5. The highest BCUT2D eigenvalue weighted by Crippen LogP contribution is 2.38. The number of aryl methyl sites for hydroxylation is 2. The number of carbonyl (C=O) groups excluding carboxylic acids is 2. The van der Waals surface area contributed by atoms with Crippen LogP contribution in [0.25, 0.3) is 6.08 Å². The van der Waals surface area contributed by atoms with Gasteiger partial charge in [0.1, 0.15) is 5.57 Å². The third-order valence-electron chi connectivity index (χ3n) is 4.45. The fourth-order valence-electron chi connectivity index (χ4n) is 2.77. The number of aromatic hydroxyl groups is 1. The van der Waals surface area contributed by atoms with E-state index in [2.05, 4.69) is 5.43 Å². The summed E-state index contributed by atoms with van der Waals surface area (Å²) in [5.41, 5.74) is 5.72. The van der Waals surface area contributed by atoms with Gasteiger partial charge in [0.25, 0.3) is 11.8 Å².